The molecule has 8 nitrogen and oxygen atoms in total. The van der Waals surface area contributed by atoms with Gasteiger partial charge in [-0.25, -0.2) is 0 Å². The molecule has 1 amide bonds. The molecule has 0 spiro atoms. The summed E-state index contributed by atoms with van der Waals surface area (Å²) in [6, 6.07) is 22.5. The maximum atomic E-state index is 13.6. The zero-order valence-corrected chi connectivity index (χ0v) is 16.7. The molecule has 0 aliphatic heterocycles. The number of furan rings is 1. The number of carbonyl (C=O) groups excluding carboxylic acids is 1. The van der Waals surface area contributed by atoms with Gasteiger partial charge in [0.2, 0.25) is 0 Å². The van der Waals surface area contributed by atoms with Crippen LogP contribution in [0.3, 0.4) is 0 Å². The molecule has 0 saturated heterocycles. The third-order valence-corrected chi connectivity index (χ3v) is 4.64. The van der Waals surface area contributed by atoms with Crippen LogP contribution in [-0.4, -0.2) is 49.3 Å². The van der Waals surface area contributed by atoms with E-state index in [1.165, 1.54) is 10.9 Å². The van der Waals surface area contributed by atoms with Gasteiger partial charge in [0.05, 0.1) is 12.9 Å². The molecule has 4 aromatic rings. The molecule has 0 aliphatic rings. The summed E-state index contributed by atoms with van der Waals surface area (Å²) in [4.78, 5) is 15.2. The van der Waals surface area contributed by atoms with E-state index in [-0.39, 0.29) is 24.8 Å². The van der Waals surface area contributed by atoms with Crippen LogP contribution in [0, 0.1) is 0 Å². The molecule has 156 valence electrons. The third kappa shape index (κ3) is 4.76. The van der Waals surface area contributed by atoms with Crippen molar-refractivity contribution in [3.8, 4) is 11.4 Å². The van der Waals surface area contributed by atoms with Gasteiger partial charge in [0.25, 0.3) is 5.91 Å². The number of nitrogens with zero attached hydrogens (tertiary/aromatic N) is 5. The van der Waals surface area contributed by atoms with Gasteiger partial charge in [-0.05, 0) is 28.1 Å². The fourth-order valence-electron chi connectivity index (χ4n) is 3.18. The van der Waals surface area contributed by atoms with E-state index < -0.39 is 0 Å². The first-order valence-electron chi connectivity index (χ1n) is 9.79. The molecular weight excluding hydrogens is 394 g/mol. The van der Waals surface area contributed by atoms with Gasteiger partial charge < -0.3 is 14.4 Å². The minimum atomic E-state index is -0.334. The van der Waals surface area contributed by atoms with Gasteiger partial charge in [0.1, 0.15) is 11.5 Å². The maximum absolute atomic E-state index is 13.6. The molecule has 0 radical (unpaired) electrons. The van der Waals surface area contributed by atoms with E-state index in [0.717, 1.165) is 11.1 Å². The summed E-state index contributed by atoms with van der Waals surface area (Å²) in [5.41, 5.74) is 1.92. The van der Waals surface area contributed by atoms with E-state index in [0.29, 0.717) is 18.1 Å². The highest BCUT2D eigenvalue weighted by atomic mass is 16.3. The van der Waals surface area contributed by atoms with Gasteiger partial charge in [-0.15, -0.1) is 5.10 Å². The number of aliphatic hydroxyl groups excluding tert-OH is 1. The van der Waals surface area contributed by atoms with Crippen molar-refractivity contribution < 1.29 is 14.3 Å². The molecule has 1 N–H and O–H groups in total. The number of tetrazole rings is 1. The Bertz CT molecular complexity index is 1140. The first-order valence-corrected chi connectivity index (χ1v) is 9.79. The van der Waals surface area contributed by atoms with Gasteiger partial charge in [-0.2, -0.15) is 4.68 Å². The Hall–Kier alpha value is -4.04. The summed E-state index contributed by atoms with van der Waals surface area (Å²) in [6.07, 6.45) is 3.13. The molecule has 0 saturated carbocycles. The van der Waals surface area contributed by atoms with Gasteiger partial charge in [0.15, 0.2) is 5.82 Å². The lowest BCUT2D eigenvalue weighted by Crippen LogP contribution is -2.35. The number of hydrogen-bond acceptors (Lipinski definition) is 6. The summed E-state index contributed by atoms with van der Waals surface area (Å²) < 4.78 is 6.84. The molecule has 4 rings (SSSR count). The number of carbonyl (C=O) groups is 1. The van der Waals surface area contributed by atoms with Crippen LogP contribution in [0.1, 0.15) is 11.3 Å². The highest BCUT2D eigenvalue weighted by Gasteiger charge is 2.24. The zero-order chi connectivity index (χ0) is 21.5. The average molecular weight is 415 g/mol. The zero-order valence-electron chi connectivity index (χ0n) is 16.7. The molecule has 2 aromatic carbocycles. The van der Waals surface area contributed by atoms with E-state index in [1.807, 2.05) is 60.7 Å². The van der Waals surface area contributed by atoms with Crippen LogP contribution >= 0.6 is 0 Å². The maximum Gasteiger partial charge on any atom is 0.273 e. The lowest BCUT2D eigenvalue weighted by molar-refractivity contribution is -0.126. The molecule has 0 unspecified atom stereocenters. The van der Waals surface area contributed by atoms with Crippen molar-refractivity contribution in [1.29, 1.82) is 0 Å². The minimum Gasteiger partial charge on any atom is -0.465 e. The predicted molar refractivity (Wildman–Crippen MR) is 115 cm³/mol. The Morgan fingerprint density at radius 1 is 1.03 bits per heavy atom. The molecule has 0 bridgehead atoms. The van der Waals surface area contributed by atoms with Crippen molar-refractivity contribution in [3.05, 3.63) is 90.4 Å². The molecule has 2 aromatic heterocycles. The van der Waals surface area contributed by atoms with Crippen LogP contribution in [0.2, 0.25) is 0 Å². The number of benzene rings is 2. The predicted octanol–water partition coefficient (Wildman–Crippen LogP) is 2.95. The van der Waals surface area contributed by atoms with Crippen molar-refractivity contribution in [1.82, 2.24) is 25.1 Å². The molecule has 2 heterocycles. The van der Waals surface area contributed by atoms with Crippen LogP contribution in [0.5, 0.6) is 0 Å². The highest BCUT2D eigenvalue weighted by Crippen LogP contribution is 2.22. The van der Waals surface area contributed by atoms with Gasteiger partial charge in [-0.3, -0.25) is 4.79 Å². The van der Waals surface area contributed by atoms with Gasteiger partial charge in [-0.1, -0.05) is 60.7 Å². The van der Waals surface area contributed by atoms with E-state index >= 15 is 0 Å². The smallest absolute Gasteiger partial charge is 0.273 e. The molecule has 0 atom stereocenters. The quantitative estimate of drug-likeness (QED) is 0.445. The molecule has 8 heteroatoms. The Labute approximate surface area is 179 Å². The average Bonchev–Trinajstić information content (AvgIpc) is 3.50. The number of aliphatic hydroxyl groups is 1. The lowest BCUT2D eigenvalue weighted by Gasteiger charge is -2.23. The minimum absolute atomic E-state index is 0.159. The van der Waals surface area contributed by atoms with Crippen molar-refractivity contribution in [2.75, 3.05) is 13.2 Å². The summed E-state index contributed by atoms with van der Waals surface area (Å²) in [5.74, 6) is 0.579. The number of rotatable bonds is 8. The van der Waals surface area contributed by atoms with Crippen LogP contribution in [0.15, 0.2) is 83.5 Å². The number of aromatic nitrogens is 4. The topological polar surface area (TPSA) is 97.3 Å². The fourth-order valence-corrected chi connectivity index (χ4v) is 3.18. The standard InChI is InChI=1S/C23H21N5O3/c29-14-13-27(17-18-8-3-1-4-9-18)23(30)21(16-20-12-7-15-31-20)28-22(24-25-26-28)19-10-5-2-6-11-19/h1-12,15-16,29H,13-14,17H2/b21-16-. The third-order valence-electron chi connectivity index (χ3n) is 4.64. The van der Waals surface area contributed by atoms with E-state index in [9.17, 15) is 9.90 Å². The molecule has 31 heavy (non-hydrogen) atoms. The molecule has 0 aliphatic carbocycles. The van der Waals surface area contributed by atoms with Crippen molar-refractivity contribution in [2.45, 2.75) is 6.54 Å². The Balaban J connectivity index is 1.75. The van der Waals surface area contributed by atoms with Crippen molar-refractivity contribution >= 4 is 17.7 Å². The SMILES string of the molecule is O=C(/C(=C/c1ccco1)n1nnnc1-c1ccccc1)N(CCO)Cc1ccccc1. The number of amides is 1. The van der Waals surface area contributed by atoms with Crippen LogP contribution in [0.25, 0.3) is 23.2 Å². The van der Waals surface area contributed by atoms with Crippen molar-refractivity contribution in [2.24, 2.45) is 0 Å². The van der Waals surface area contributed by atoms with Gasteiger partial charge >= 0.3 is 0 Å². The van der Waals surface area contributed by atoms with E-state index in [1.54, 1.807) is 23.1 Å². The monoisotopic (exact) mass is 415 g/mol. The van der Waals surface area contributed by atoms with Crippen LogP contribution < -0.4 is 0 Å². The highest BCUT2D eigenvalue weighted by molar-refractivity contribution is 6.18. The first kappa shape index (κ1) is 20.2. The second-order valence-electron chi connectivity index (χ2n) is 6.76. The molecular formula is C23H21N5O3. The van der Waals surface area contributed by atoms with Crippen LogP contribution in [0.4, 0.5) is 0 Å². The lowest BCUT2D eigenvalue weighted by atomic mass is 10.2. The fraction of sp³-hybridized carbons (Fsp3) is 0.130. The van der Waals surface area contributed by atoms with E-state index in [2.05, 4.69) is 15.5 Å². The van der Waals surface area contributed by atoms with E-state index in [4.69, 9.17) is 4.42 Å². The largest absolute Gasteiger partial charge is 0.465 e. The molecule has 0 fully saturated rings. The number of hydrogen-bond donors (Lipinski definition) is 1. The second-order valence-corrected chi connectivity index (χ2v) is 6.76. The Morgan fingerprint density at radius 2 is 1.77 bits per heavy atom. The van der Waals surface area contributed by atoms with Crippen molar-refractivity contribution in [3.63, 3.8) is 0 Å². The Kier molecular flexibility index (Phi) is 6.29. The second kappa shape index (κ2) is 9.64. The van der Waals surface area contributed by atoms with Gasteiger partial charge in [0, 0.05) is 24.7 Å². The summed E-state index contributed by atoms with van der Waals surface area (Å²) in [6.45, 7) is 0.318. The summed E-state index contributed by atoms with van der Waals surface area (Å²) in [7, 11) is 0. The summed E-state index contributed by atoms with van der Waals surface area (Å²) in [5, 5.41) is 21.6. The summed E-state index contributed by atoms with van der Waals surface area (Å²) >= 11 is 0. The normalized spacial score (nSPS) is 11.5. The first-order chi connectivity index (χ1) is 15.3. The van der Waals surface area contributed by atoms with Crippen LogP contribution in [-0.2, 0) is 11.3 Å². The Morgan fingerprint density at radius 3 is 2.45 bits per heavy atom.